The Hall–Kier alpha value is -0.850. The summed E-state index contributed by atoms with van der Waals surface area (Å²) in [5, 5.41) is -0.274. The van der Waals surface area contributed by atoms with E-state index in [0.717, 1.165) is 18.9 Å². The second kappa shape index (κ2) is 5.26. The van der Waals surface area contributed by atoms with Crippen LogP contribution in [-0.2, 0) is 10.0 Å². The lowest BCUT2D eigenvalue weighted by Gasteiger charge is -2.30. The molecular weight excluding hydrogens is 291 g/mol. The zero-order valence-corrected chi connectivity index (χ0v) is 12.1. The molecule has 1 aliphatic heterocycles. The third-order valence-electron chi connectivity index (χ3n) is 3.25. The number of nitrogen functional groups attached to an aromatic ring is 1. The van der Waals surface area contributed by atoms with E-state index in [1.54, 1.807) is 0 Å². The minimum atomic E-state index is -3.88. The van der Waals surface area contributed by atoms with E-state index in [9.17, 15) is 12.8 Å². The molecule has 0 spiro atoms. The highest BCUT2D eigenvalue weighted by Gasteiger charge is 2.31. The average molecular weight is 307 g/mol. The van der Waals surface area contributed by atoms with E-state index in [1.807, 2.05) is 6.92 Å². The van der Waals surface area contributed by atoms with Gasteiger partial charge in [-0.1, -0.05) is 18.5 Å². The highest BCUT2D eigenvalue weighted by Crippen LogP contribution is 2.30. The molecule has 4 nitrogen and oxygen atoms in total. The largest absolute Gasteiger partial charge is 0.399 e. The van der Waals surface area contributed by atoms with Gasteiger partial charge in [-0.3, -0.25) is 0 Å². The third-order valence-corrected chi connectivity index (χ3v) is 5.39. The number of halogens is 2. The van der Waals surface area contributed by atoms with Crippen molar-refractivity contribution in [2.75, 3.05) is 18.8 Å². The molecule has 19 heavy (non-hydrogen) atoms. The molecule has 2 rings (SSSR count). The predicted octanol–water partition coefficient (Wildman–Crippen LogP) is 2.48. The Morgan fingerprint density at radius 2 is 2.16 bits per heavy atom. The molecule has 106 valence electrons. The standard InChI is InChI=1S/C12H16ClFN2O2S/c1-8-3-2-4-16(7-8)19(17,18)11-6-9(15)5-10(13)12(11)14/h5-6,8H,2-4,7,15H2,1H3. The Morgan fingerprint density at radius 1 is 1.47 bits per heavy atom. The Morgan fingerprint density at radius 3 is 2.79 bits per heavy atom. The van der Waals surface area contributed by atoms with Crippen LogP contribution in [0.15, 0.2) is 17.0 Å². The van der Waals surface area contributed by atoms with E-state index in [4.69, 9.17) is 17.3 Å². The zero-order chi connectivity index (χ0) is 14.2. The van der Waals surface area contributed by atoms with Gasteiger partial charge in [0, 0.05) is 18.8 Å². The quantitative estimate of drug-likeness (QED) is 0.854. The second-order valence-electron chi connectivity index (χ2n) is 4.93. The van der Waals surface area contributed by atoms with Gasteiger partial charge < -0.3 is 5.73 Å². The Bertz CT molecular complexity index is 592. The van der Waals surface area contributed by atoms with E-state index >= 15 is 0 Å². The summed E-state index contributed by atoms with van der Waals surface area (Å²) in [6.07, 6.45) is 1.75. The SMILES string of the molecule is CC1CCCN(S(=O)(=O)c2cc(N)cc(Cl)c2F)C1. The third kappa shape index (κ3) is 2.85. The predicted molar refractivity (Wildman–Crippen MR) is 73.0 cm³/mol. The molecule has 1 atom stereocenters. The number of piperidine rings is 1. The van der Waals surface area contributed by atoms with Crippen LogP contribution in [0.2, 0.25) is 5.02 Å². The van der Waals surface area contributed by atoms with Crippen molar-refractivity contribution in [3.05, 3.63) is 23.0 Å². The summed E-state index contributed by atoms with van der Waals surface area (Å²) in [6.45, 7) is 2.77. The van der Waals surface area contributed by atoms with Crippen LogP contribution in [0, 0.1) is 11.7 Å². The van der Waals surface area contributed by atoms with Gasteiger partial charge >= 0.3 is 0 Å². The molecule has 1 aromatic carbocycles. The van der Waals surface area contributed by atoms with Crippen molar-refractivity contribution in [1.29, 1.82) is 0 Å². The molecule has 0 bridgehead atoms. The number of hydrogen-bond acceptors (Lipinski definition) is 3. The lowest BCUT2D eigenvalue weighted by molar-refractivity contribution is 0.280. The molecule has 0 amide bonds. The van der Waals surface area contributed by atoms with Crippen molar-refractivity contribution in [3.8, 4) is 0 Å². The van der Waals surface area contributed by atoms with E-state index in [-0.39, 0.29) is 16.6 Å². The Kier molecular flexibility index (Phi) is 4.03. The molecule has 0 aliphatic carbocycles. The molecule has 0 saturated carbocycles. The van der Waals surface area contributed by atoms with Crippen molar-refractivity contribution in [3.63, 3.8) is 0 Å². The van der Waals surface area contributed by atoms with Crippen molar-refractivity contribution < 1.29 is 12.8 Å². The number of nitrogens with zero attached hydrogens (tertiary/aromatic N) is 1. The first-order chi connectivity index (χ1) is 8.82. The minimum absolute atomic E-state index is 0.134. The monoisotopic (exact) mass is 306 g/mol. The van der Waals surface area contributed by atoms with Crippen LogP contribution in [0.1, 0.15) is 19.8 Å². The molecule has 7 heteroatoms. The number of nitrogens with two attached hydrogens (primary N) is 1. The van der Waals surface area contributed by atoms with Gasteiger partial charge in [0.1, 0.15) is 4.90 Å². The van der Waals surface area contributed by atoms with Gasteiger partial charge in [-0.05, 0) is 30.9 Å². The fraction of sp³-hybridized carbons (Fsp3) is 0.500. The maximum atomic E-state index is 13.9. The first-order valence-electron chi connectivity index (χ1n) is 6.07. The number of benzene rings is 1. The molecule has 0 aromatic heterocycles. The maximum Gasteiger partial charge on any atom is 0.246 e. The van der Waals surface area contributed by atoms with E-state index in [1.165, 1.54) is 10.4 Å². The summed E-state index contributed by atoms with van der Waals surface area (Å²) in [6, 6.07) is 2.32. The second-order valence-corrected chi connectivity index (χ2v) is 7.24. The first kappa shape index (κ1) is 14.6. The van der Waals surface area contributed by atoms with E-state index in [0.29, 0.717) is 13.1 Å². The van der Waals surface area contributed by atoms with Crippen LogP contribution >= 0.6 is 11.6 Å². The fourth-order valence-corrected chi connectivity index (χ4v) is 4.28. The number of anilines is 1. The summed E-state index contributed by atoms with van der Waals surface area (Å²) >= 11 is 5.65. The van der Waals surface area contributed by atoms with Gasteiger partial charge in [0.15, 0.2) is 5.82 Å². The fourth-order valence-electron chi connectivity index (χ4n) is 2.28. The molecular formula is C12H16ClFN2O2S. The number of hydrogen-bond donors (Lipinski definition) is 1. The summed E-state index contributed by atoms with van der Waals surface area (Å²) in [7, 11) is -3.88. The molecule has 0 radical (unpaired) electrons. The van der Waals surface area contributed by atoms with Crippen LogP contribution in [0.5, 0.6) is 0 Å². The van der Waals surface area contributed by atoms with Gasteiger partial charge in [0.2, 0.25) is 10.0 Å². The number of sulfonamides is 1. The Labute approximate surface area is 117 Å². The van der Waals surface area contributed by atoms with Crippen molar-refractivity contribution in [2.24, 2.45) is 5.92 Å². The Balaban J connectivity index is 2.45. The van der Waals surface area contributed by atoms with Gasteiger partial charge in [-0.2, -0.15) is 4.31 Å². The maximum absolute atomic E-state index is 13.9. The molecule has 2 N–H and O–H groups in total. The van der Waals surface area contributed by atoms with Gasteiger partial charge in [-0.25, -0.2) is 12.8 Å². The lowest BCUT2D eigenvalue weighted by atomic mass is 10.0. The normalized spacial score (nSPS) is 21.5. The highest BCUT2D eigenvalue weighted by atomic mass is 35.5. The zero-order valence-electron chi connectivity index (χ0n) is 10.6. The van der Waals surface area contributed by atoms with Crippen LogP contribution in [0.4, 0.5) is 10.1 Å². The van der Waals surface area contributed by atoms with Gasteiger partial charge in [0.25, 0.3) is 0 Å². The summed E-state index contributed by atoms with van der Waals surface area (Å²) < 4.78 is 40.1. The van der Waals surface area contributed by atoms with Gasteiger partial charge in [0.05, 0.1) is 5.02 Å². The molecule has 1 aromatic rings. The van der Waals surface area contributed by atoms with Crippen LogP contribution in [-0.4, -0.2) is 25.8 Å². The molecule has 1 heterocycles. The van der Waals surface area contributed by atoms with Crippen LogP contribution < -0.4 is 5.73 Å². The van der Waals surface area contributed by atoms with Crippen molar-refractivity contribution in [2.45, 2.75) is 24.7 Å². The topological polar surface area (TPSA) is 63.4 Å². The van der Waals surface area contributed by atoms with Crippen LogP contribution in [0.3, 0.4) is 0 Å². The van der Waals surface area contributed by atoms with Crippen molar-refractivity contribution >= 4 is 27.3 Å². The highest BCUT2D eigenvalue weighted by molar-refractivity contribution is 7.89. The first-order valence-corrected chi connectivity index (χ1v) is 7.89. The molecule has 1 fully saturated rings. The summed E-state index contributed by atoms with van der Waals surface area (Å²) in [4.78, 5) is -0.438. The summed E-state index contributed by atoms with van der Waals surface area (Å²) in [5.41, 5.74) is 5.68. The average Bonchev–Trinajstić information content (AvgIpc) is 2.33. The van der Waals surface area contributed by atoms with E-state index < -0.39 is 20.7 Å². The smallest absolute Gasteiger partial charge is 0.246 e. The minimum Gasteiger partial charge on any atom is -0.399 e. The lowest BCUT2D eigenvalue weighted by Crippen LogP contribution is -2.39. The number of rotatable bonds is 2. The van der Waals surface area contributed by atoms with Crippen molar-refractivity contribution in [1.82, 2.24) is 4.31 Å². The van der Waals surface area contributed by atoms with Gasteiger partial charge in [-0.15, -0.1) is 0 Å². The molecule has 1 aliphatic rings. The summed E-state index contributed by atoms with van der Waals surface area (Å²) in [5.74, 6) is -0.669. The molecule has 1 saturated heterocycles. The van der Waals surface area contributed by atoms with Crippen LogP contribution in [0.25, 0.3) is 0 Å². The molecule has 1 unspecified atom stereocenters. The van der Waals surface area contributed by atoms with E-state index in [2.05, 4.69) is 0 Å².